The number of benzene rings is 1. The molecule has 0 aliphatic rings. The van der Waals surface area contributed by atoms with Crippen LogP contribution < -0.4 is 11.3 Å². The van der Waals surface area contributed by atoms with Gasteiger partial charge in [0.15, 0.2) is 5.16 Å². The Morgan fingerprint density at radius 2 is 2.00 bits per heavy atom. The van der Waals surface area contributed by atoms with E-state index < -0.39 is 0 Å². The first kappa shape index (κ1) is 12.9. The third-order valence-corrected chi connectivity index (χ3v) is 3.36. The molecule has 0 spiro atoms. The van der Waals surface area contributed by atoms with Gasteiger partial charge in [-0.3, -0.25) is 4.79 Å². The van der Waals surface area contributed by atoms with E-state index in [-0.39, 0.29) is 11.6 Å². The Bertz CT molecular complexity index is 590. The van der Waals surface area contributed by atoms with Crippen LogP contribution in [0.2, 0.25) is 0 Å². The summed E-state index contributed by atoms with van der Waals surface area (Å²) in [5, 5.41) is 0.605. The number of aryl methyl sites for hydroxylation is 1. The van der Waals surface area contributed by atoms with E-state index in [1.807, 2.05) is 31.2 Å². The third kappa shape index (κ3) is 3.21. The minimum absolute atomic E-state index is 0.0287. The van der Waals surface area contributed by atoms with Crippen molar-refractivity contribution in [1.29, 1.82) is 0 Å². The molecule has 1 heterocycles. The average Bonchev–Trinajstić information content (AvgIpc) is 2.28. The van der Waals surface area contributed by atoms with Crippen LogP contribution in [-0.4, -0.2) is 9.97 Å². The van der Waals surface area contributed by atoms with Gasteiger partial charge in [-0.25, -0.2) is 4.98 Å². The van der Waals surface area contributed by atoms with Crippen LogP contribution in [0, 0.1) is 6.92 Å². The van der Waals surface area contributed by atoms with Crippen molar-refractivity contribution in [3.63, 3.8) is 0 Å². The first-order chi connectivity index (χ1) is 8.54. The van der Waals surface area contributed by atoms with Crippen molar-refractivity contribution < 1.29 is 0 Å². The van der Waals surface area contributed by atoms with Crippen molar-refractivity contribution in [2.45, 2.75) is 29.9 Å². The van der Waals surface area contributed by atoms with E-state index in [0.717, 1.165) is 10.5 Å². The summed E-state index contributed by atoms with van der Waals surface area (Å²) in [6, 6.07) is 9.43. The zero-order valence-corrected chi connectivity index (χ0v) is 11.1. The van der Waals surface area contributed by atoms with E-state index in [1.165, 1.54) is 17.8 Å². The summed E-state index contributed by atoms with van der Waals surface area (Å²) in [7, 11) is 0. The molecule has 1 aromatic carbocycles. The number of hydrogen-bond acceptors (Lipinski definition) is 4. The Balaban J connectivity index is 2.20. The standard InChI is InChI=1S/C13H15N3OS/c1-8-7-12(17)16-13(15-8)18-11-5-3-10(4-6-11)9(2)14/h3-7,9H,14H2,1-2H3,(H,15,16,17). The summed E-state index contributed by atoms with van der Waals surface area (Å²) in [6.45, 7) is 3.75. The molecule has 0 radical (unpaired) electrons. The molecule has 4 nitrogen and oxygen atoms in total. The van der Waals surface area contributed by atoms with Crippen LogP contribution in [0.3, 0.4) is 0 Å². The molecular formula is C13H15N3OS. The van der Waals surface area contributed by atoms with Crippen LogP contribution in [0.25, 0.3) is 0 Å². The highest BCUT2D eigenvalue weighted by atomic mass is 32.2. The van der Waals surface area contributed by atoms with Gasteiger partial charge in [-0.05, 0) is 31.5 Å². The SMILES string of the molecule is Cc1cc(=O)[nH]c(Sc2ccc(C(C)N)cc2)n1. The predicted octanol–water partition coefficient (Wildman–Crippen LogP) is 2.25. The van der Waals surface area contributed by atoms with Gasteiger partial charge in [0.25, 0.3) is 5.56 Å². The molecule has 0 aliphatic carbocycles. The van der Waals surface area contributed by atoms with Crippen molar-refractivity contribution in [3.8, 4) is 0 Å². The first-order valence-electron chi connectivity index (χ1n) is 5.66. The van der Waals surface area contributed by atoms with Crippen LogP contribution >= 0.6 is 11.8 Å². The van der Waals surface area contributed by atoms with Crippen molar-refractivity contribution in [3.05, 3.63) is 51.9 Å². The zero-order valence-electron chi connectivity index (χ0n) is 10.3. The minimum atomic E-state index is -0.128. The van der Waals surface area contributed by atoms with Gasteiger partial charge in [0.05, 0.1) is 0 Å². The van der Waals surface area contributed by atoms with Gasteiger partial charge in [0.2, 0.25) is 0 Å². The lowest BCUT2D eigenvalue weighted by atomic mass is 10.1. The number of nitrogens with two attached hydrogens (primary N) is 1. The lowest BCUT2D eigenvalue weighted by molar-refractivity contribution is 0.817. The van der Waals surface area contributed by atoms with E-state index in [1.54, 1.807) is 6.92 Å². The lowest BCUT2D eigenvalue weighted by Gasteiger charge is -2.06. The summed E-state index contributed by atoms with van der Waals surface area (Å²) < 4.78 is 0. The number of aromatic nitrogens is 2. The number of H-pyrrole nitrogens is 1. The molecule has 2 aromatic rings. The molecule has 0 fully saturated rings. The highest BCUT2D eigenvalue weighted by molar-refractivity contribution is 7.99. The normalized spacial score (nSPS) is 12.4. The molecule has 18 heavy (non-hydrogen) atoms. The minimum Gasteiger partial charge on any atom is -0.324 e. The number of nitrogens with one attached hydrogen (secondary N) is 1. The summed E-state index contributed by atoms with van der Waals surface area (Å²) >= 11 is 1.43. The molecular weight excluding hydrogens is 246 g/mol. The van der Waals surface area contributed by atoms with Gasteiger partial charge in [0, 0.05) is 22.7 Å². The highest BCUT2D eigenvalue weighted by Gasteiger charge is 2.03. The van der Waals surface area contributed by atoms with Crippen LogP contribution in [-0.2, 0) is 0 Å². The summed E-state index contributed by atoms with van der Waals surface area (Å²) in [6.07, 6.45) is 0. The Kier molecular flexibility index (Phi) is 3.84. The fraction of sp³-hybridized carbons (Fsp3) is 0.231. The molecule has 0 bridgehead atoms. The number of hydrogen-bond donors (Lipinski definition) is 2. The van der Waals surface area contributed by atoms with E-state index in [9.17, 15) is 4.79 Å². The van der Waals surface area contributed by atoms with Crippen LogP contribution in [0.15, 0.2) is 45.2 Å². The predicted molar refractivity (Wildman–Crippen MR) is 72.8 cm³/mol. The number of nitrogens with zero attached hydrogens (tertiary/aromatic N) is 1. The fourth-order valence-electron chi connectivity index (χ4n) is 1.55. The molecule has 0 amide bonds. The summed E-state index contributed by atoms with van der Waals surface area (Å²) in [5.74, 6) is 0. The second-order valence-corrected chi connectivity index (χ2v) is 5.21. The molecule has 94 valence electrons. The highest BCUT2D eigenvalue weighted by Crippen LogP contribution is 2.25. The van der Waals surface area contributed by atoms with E-state index in [0.29, 0.717) is 10.9 Å². The average molecular weight is 261 g/mol. The third-order valence-electron chi connectivity index (χ3n) is 2.47. The molecule has 1 atom stereocenters. The van der Waals surface area contributed by atoms with Crippen molar-refractivity contribution in [1.82, 2.24) is 9.97 Å². The number of rotatable bonds is 3. The molecule has 3 N–H and O–H groups in total. The van der Waals surface area contributed by atoms with E-state index in [2.05, 4.69) is 9.97 Å². The molecule has 0 aliphatic heterocycles. The van der Waals surface area contributed by atoms with Gasteiger partial charge >= 0.3 is 0 Å². The Morgan fingerprint density at radius 3 is 2.56 bits per heavy atom. The lowest BCUT2D eigenvalue weighted by Crippen LogP contribution is -2.07. The van der Waals surface area contributed by atoms with Crippen LogP contribution in [0.1, 0.15) is 24.2 Å². The first-order valence-corrected chi connectivity index (χ1v) is 6.47. The molecule has 0 saturated heterocycles. The fourth-order valence-corrected chi connectivity index (χ4v) is 2.39. The molecule has 1 aromatic heterocycles. The van der Waals surface area contributed by atoms with Gasteiger partial charge in [-0.1, -0.05) is 23.9 Å². The second kappa shape index (κ2) is 5.37. The van der Waals surface area contributed by atoms with Gasteiger partial charge in [-0.15, -0.1) is 0 Å². The summed E-state index contributed by atoms with van der Waals surface area (Å²) in [5.41, 5.74) is 7.47. The molecule has 1 unspecified atom stereocenters. The molecule has 5 heteroatoms. The van der Waals surface area contributed by atoms with Crippen molar-refractivity contribution >= 4 is 11.8 Å². The van der Waals surface area contributed by atoms with Crippen molar-refractivity contribution in [2.24, 2.45) is 5.73 Å². The molecule has 2 rings (SSSR count). The maximum atomic E-state index is 11.3. The number of aromatic amines is 1. The largest absolute Gasteiger partial charge is 0.324 e. The van der Waals surface area contributed by atoms with E-state index in [4.69, 9.17) is 5.73 Å². The Hall–Kier alpha value is -1.59. The second-order valence-electron chi connectivity index (χ2n) is 4.15. The topological polar surface area (TPSA) is 71.8 Å². The Morgan fingerprint density at radius 1 is 1.33 bits per heavy atom. The van der Waals surface area contributed by atoms with Crippen LogP contribution in [0.5, 0.6) is 0 Å². The smallest absolute Gasteiger partial charge is 0.251 e. The Labute approximate surface area is 110 Å². The van der Waals surface area contributed by atoms with E-state index >= 15 is 0 Å². The van der Waals surface area contributed by atoms with Crippen molar-refractivity contribution in [2.75, 3.05) is 0 Å². The summed E-state index contributed by atoms with van der Waals surface area (Å²) in [4.78, 5) is 19.3. The maximum Gasteiger partial charge on any atom is 0.251 e. The van der Waals surface area contributed by atoms with Gasteiger partial charge < -0.3 is 10.7 Å². The molecule has 0 saturated carbocycles. The van der Waals surface area contributed by atoms with Crippen LogP contribution in [0.4, 0.5) is 0 Å². The maximum absolute atomic E-state index is 11.3. The zero-order chi connectivity index (χ0) is 13.1. The quantitative estimate of drug-likeness (QED) is 0.831. The van der Waals surface area contributed by atoms with Gasteiger partial charge in [-0.2, -0.15) is 0 Å². The van der Waals surface area contributed by atoms with Gasteiger partial charge in [0.1, 0.15) is 0 Å². The monoisotopic (exact) mass is 261 g/mol.